The quantitative estimate of drug-likeness (QED) is 0.451. The maximum Gasteiger partial charge on any atom is 0.299 e. The first kappa shape index (κ1) is 19.2. The molecule has 0 fully saturated rings. The van der Waals surface area contributed by atoms with Gasteiger partial charge >= 0.3 is 0 Å². The second-order valence-electron chi connectivity index (χ2n) is 6.65. The van der Waals surface area contributed by atoms with Gasteiger partial charge in [-0.05, 0) is 29.8 Å². The molecule has 5 rings (SSSR count). The predicted octanol–water partition coefficient (Wildman–Crippen LogP) is 3.80. The van der Waals surface area contributed by atoms with Crippen molar-refractivity contribution in [2.24, 2.45) is 0 Å². The molecule has 5 aromatic rings. The summed E-state index contributed by atoms with van der Waals surface area (Å²) in [6, 6.07) is 15.7. The number of pyridine rings is 1. The molecular weight excluding hydrogens is 439 g/mol. The molecule has 1 amide bonds. The van der Waals surface area contributed by atoms with Crippen LogP contribution in [-0.2, 0) is 0 Å². The Bertz CT molecular complexity index is 1530. The van der Waals surface area contributed by atoms with Crippen LogP contribution in [0.2, 0.25) is 10.0 Å². The van der Waals surface area contributed by atoms with E-state index in [1.807, 2.05) is 30.3 Å². The number of benzene rings is 2. The van der Waals surface area contributed by atoms with E-state index in [1.165, 1.54) is 24.4 Å². The second kappa shape index (κ2) is 7.50. The van der Waals surface area contributed by atoms with Gasteiger partial charge in [0.2, 0.25) is 0 Å². The molecule has 0 radical (unpaired) electrons. The topological polar surface area (TPSA) is 94.2 Å². The van der Waals surface area contributed by atoms with Gasteiger partial charge in [-0.15, -0.1) is 10.2 Å². The number of rotatable bonds is 3. The number of hydrogen-bond donors (Lipinski definition) is 1. The molecule has 3 heterocycles. The number of carbonyl (C=O) groups excluding carboxylic acids is 1. The number of nitrogens with one attached hydrogen (secondary N) is 1. The van der Waals surface area contributed by atoms with E-state index in [1.54, 1.807) is 16.8 Å². The zero-order chi connectivity index (χ0) is 21.5. The SMILES string of the molecule is O=C(Nn1ccc2c(nnc3c(-c4ccccc4)cnn32)c1=O)c1ccc(Cl)cc1Cl. The third-order valence-corrected chi connectivity index (χ3v) is 5.29. The van der Waals surface area contributed by atoms with Gasteiger partial charge in [-0.3, -0.25) is 15.0 Å². The second-order valence-corrected chi connectivity index (χ2v) is 7.49. The van der Waals surface area contributed by atoms with Gasteiger partial charge in [0.05, 0.1) is 16.8 Å². The van der Waals surface area contributed by atoms with Gasteiger partial charge in [-0.1, -0.05) is 53.5 Å². The first-order chi connectivity index (χ1) is 15.0. The summed E-state index contributed by atoms with van der Waals surface area (Å²) in [7, 11) is 0. The molecule has 8 nitrogen and oxygen atoms in total. The van der Waals surface area contributed by atoms with Crippen LogP contribution in [0.4, 0.5) is 0 Å². The number of fused-ring (bicyclic) bond motifs is 3. The molecule has 0 unspecified atom stereocenters. The minimum Gasteiger partial charge on any atom is -0.267 e. The molecular formula is C21H12Cl2N6O2. The summed E-state index contributed by atoms with van der Waals surface area (Å²) in [5.74, 6) is -0.567. The van der Waals surface area contributed by atoms with Crippen LogP contribution in [0.5, 0.6) is 0 Å². The summed E-state index contributed by atoms with van der Waals surface area (Å²) in [4.78, 5) is 25.5. The first-order valence-corrected chi connectivity index (χ1v) is 9.86. The Morgan fingerprint density at radius 2 is 1.81 bits per heavy atom. The van der Waals surface area contributed by atoms with Crippen molar-refractivity contribution in [2.75, 3.05) is 5.43 Å². The van der Waals surface area contributed by atoms with Gasteiger partial charge in [0.25, 0.3) is 11.5 Å². The van der Waals surface area contributed by atoms with Gasteiger partial charge in [-0.25, -0.2) is 9.19 Å². The highest BCUT2D eigenvalue weighted by atomic mass is 35.5. The van der Waals surface area contributed by atoms with E-state index in [0.29, 0.717) is 16.2 Å². The van der Waals surface area contributed by atoms with Crippen LogP contribution in [0.15, 0.2) is 71.8 Å². The fourth-order valence-electron chi connectivity index (χ4n) is 3.24. The normalized spacial score (nSPS) is 11.2. The van der Waals surface area contributed by atoms with Crippen molar-refractivity contribution in [1.82, 2.24) is 24.5 Å². The number of nitrogens with zero attached hydrogens (tertiary/aromatic N) is 5. The molecule has 0 spiro atoms. The first-order valence-electron chi connectivity index (χ1n) is 9.10. The molecule has 31 heavy (non-hydrogen) atoms. The maximum atomic E-state index is 12.9. The lowest BCUT2D eigenvalue weighted by Gasteiger charge is -2.10. The van der Waals surface area contributed by atoms with E-state index in [-0.39, 0.29) is 16.1 Å². The summed E-state index contributed by atoms with van der Waals surface area (Å²) in [6.45, 7) is 0. The summed E-state index contributed by atoms with van der Waals surface area (Å²) in [5, 5.41) is 13.2. The summed E-state index contributed by atoms with van der Waals surface area (Å²) < 4.78 is 2.58. The van der Waals surface area contributed by atoms with Crippen molar-refractivity contribution >= 4 is 45.8 Å². The van der Waals surface area contributed by atoms with Crippen molar-refractivity contribution in [1.29, 1.82) is 0 Å². The average Bonchev–Trinajstić information content (AvgIpc) is 3.20. The Labute approximate surface area is 184 Å². The fourth-order valence-corrected chi connectivity index (χ4v) is 3.74. The Morgan fingerprint density at radius 3 is 2.58 bits per heavy atom. The third kappa shape index (κ3) is 3.31. The highest BCUT2D eigenvalue weighted by Gasteiger charge is 2.16. The number of halogens is 2. The lowest BCUT2D eigenvalue weighted by molar-refractivity contribution is 0.101. The molecule has 10 heteroatoms. The van der Waals surface area contributed by atoms with Crippen molar-refractivity contribution in [3.63, 3.8) is 0 Å². The smallest absolute Gasteiger partial charge is 0.267 e. The van der Waals surface area contributed by atoms with Crippen LogP contribution in [0.1, 0.15) is 10.4 Å². The van der Waals surface area contributed by atoms with Gasteiger partial charge in [-0.2, -0.15) is 5.10 Å². The van der Waals surface area contributed by atoms with Gasteiger partial charge < -0.3 is 0 Å². The molecule has 0 saturated carbocycles. The number of amides is 1. The minimum absolute atomic E-state index is 0.0558. The highest BCUT2D eigenvalue weighted by Crippen LogP contribution is 2.24. The van der Waals surface area contributed by atoms with Crippen molar-refractivity contribution in [2.45, 2.75) is 0 Å². The third-order valence-electron chi connectivity index (χ3n) is 4.74. The maximum absolute atomic E-state index is 12.9. The fraction of sp³-hybridized carbons (Fsp3) is 0. The van der Waals surface area contributed by atoms with E-state index < -0.39 is 11.5 Å². The lowest BCUT2D eigenvalue weighted by Crippen LogP contribution is -2.33. The lowest BCUT2D eigenvalue weighted by atomic mass is 10.1. The van der Waals surface area contributed by atoms with Gasteiger partial charge in [0.15, 0.2) is 11.2 Å². The number of aromatic nitrogens is 5. The van der Waals surface area contributed by atoms with Crippen molar-refractivity contribution in [3.05, 3.63) is 93.0 Å². The molecule has 0 aliphatic rings. The van der Waals surface area contributed by atoms with Crippen molar-refractivity contribution < 1.29 is 4.79 Å². The molecule has 0 aliphatic heterocycles. The van der Waals surface area contributed by atoms with E-state index in [9.17, 15) is 9.59 Å². The van der Waals surface area contributed by atoms with Crippen LogP contribution >= 0.6 is 23.2 Å². The molecule has 1 N–H and O–H groups in total. The zero-order valence-electron chi connectivity index (χ0n) is 15.7. The average molecular weight is 451 g/mol. The van der Waals surface area contributed by atoms with Crippen LogP contribution in [0, 0.1) is 0 Å². The number of hydrogen-bond acceptors (Lipinski definition) is 5. The Balaban J connectivity index is 1.56. The molecule has 152 valence electrons. The van der Waals surface area contributed by atoms with E-state index >= 15 is 0 Å². The van der Waals surface area contributed by atoms with Crippen molar-refractivity contribution in [3.8, 4) is 11.1 Å². The standard InChI is InChI=1S/C21H12Cl2N6O2/c22-13-6-7-14(16(23)10-13)20(30)27-28-9-8-17-18(21(28)31)25-26-19-15(11-24-29(17)19)12-4-2-1-3-5-12/h1-11H,(H,27,30). The molecule has 2 aromatic carbocycles. The molecule has 3 aromatic heterocycles. The van der Waals surface area contributed by atoms with Crippen LogP contribution in [0.3, 0.4) is 0 Å². The van der Waals surface area contributed by atoms with Gasteiger partial charge in [0, 0.05) is 16.8 Å². The molecule has 0 atom stereocenters. The largest absolute Gasteiger partial charge is 0.299 e. The molecule has 0 aliphatic carbocycles. The predicted molar refractivity (Wildman–Crippen MR) is 118 cm³/mol. The minimum atomic E-state index is -0.567. The Kier molecular flexibility index (Phi) is 4.65. The van der Waals surface area contributed by atoms with Crippen LogP contribution in [-0.4, -0.2) is 30.4 Å². The summed E-state index contributed by atoms with van der Waals surface area (Å²) >= 11 is 11.9. The highest BCUT2D eigenvalue weighted by molar-refractivity contribution is 6.37. The van der Waals surface area contributed by atoms with E-state index in [4.69, 9.17) is 23.2 Å². The Hall–Kier alpha value is -3.75. The summed E-state index contributed by atoms with van der Waals surface area (Å²) in [6.07, 6.45) is 3.10. The van der Waals surface area contributed by atoms with E-state index in [0.717, 1.165) is 15.8 Å². The monoisotopic (exact) mass is 450 g/mol. The van der Waals surface area contributed by atoms with Crippen LogP contribution in [0.25, 0.3) is 27.8 Å². The van der Waals surface area contributed by atoms with Crippen LogP contribution < -0.4 is 11.0 Å². The Morgan fingerprint density at radius 1 is 1.00 bits per heavy atom. The van der Waals surface area contributed by atoms with E-state index in [2.05, 4.69) is 20.7 Å². The summed E-state index contributed by atoms with van der Waals surface area (Å²) in [5.41, 5.74) is 4.90. The zero-order valence-corrected chi connectivity index (χ0v) is 17.2. The number of carbonyl (C=O) groups is 1. The van der Waals surface area contributed by atoms with Gasteiger partial charge in [0.1, 0.15) is 5.52 Å². The molecule has 0 bridgehead atoms. The molecule has 0 saturated heterocycles.